The SMILES string of the molecule is N#CCN1C(=O)CSC1S. The highest BCUT2D eigenvalue weighted by Crippen LogP contribution is 2.26. The molecule has 3 nitrogen and oxygen atoms in total. The Bertz CT molecular complexity index is 189. The summed E-state index contributed by atoms with van der Waals surface area (Å²) in [6, 6.07) is 1.91. The normalized spacial score (nSPS) is 25.0. The molecule has 0 aromatic rings. The summed E-state index contributed by atoms with van der Waals surface area (Å²) in [5.74, 6) is 0.460. The Kier molecular flexibility index (Phi) is 2.46. The van der Waals surface area contributed by atoms with Crippen molar-refractivity contribution in [1.82, 2.24) is 4.90 Å². The van der Waals surface area contributed by atoms with E-state index in [0.717, 1.165) is 0 Å². The Morgan fingerprint density at radius 2 is 2.70 bits per heavy atom. The zero-order valence-electron chi connectivity index (χ0n) is 5.15. The van der Waals surface area contributed by atoms with Gasteiger partial charge in [-0.2, -0.15) is 5.26 Å². The minimum Gasteiger partial charge on any atom is -0.308 e. The second kappa shape index (κ2) is 3.17. The van der Waals surface area contributed by atoms with Crippen LogP contribution in [0.25, 0.3) is 0 Å². The van der Waals surface area contributed by atoms with E-state index in [-0.39, 0.29) is 17.2 Å². The monoisotopic (exact) mass is 174 g/mol. The molecule has 54 valence electrons. The molecule has 1 aliphatic rings. The zero-order valence-corrected chi connectivity index (χ0v) is 6.86. The van der Waals surface area contributed by atoms with Crippen LogP contribution in [0.5, 0.6) is 0 Å². The summed E-state index contributed by atoms with van der Waals surface area (Å²) in [7, 11) is 0. The molecule has 1 amide bonds. The highest BCUT2D eigenvalue weighted by atomic mass is 32.2. The minimum absolute atomic E-state index is 0.00606. The Hall–Kier alpha value is -0.340. The molecule has 10 heavy (non-hydrogen) atoms. The van der Waals surface area contributed by atoms with E-state index in [9.17, 15) is 4.79 Å². The Labute approximate surface area is 68.8 Å². The first-order chi connectivity index (χ1) is 4.75. The number of amides is 1. The number of carbonyl (C=O) groups is 1. The summed E-state index contributed by atoms with van der Waals surface area (Å²) in [5, 5.41) is 8.28. The van der Waals surface area contributed by atoms with E-state index in [1.165, 1.54) is 16.7 Å². The highest BCUT2D eigenvalue weighted by Gasteiger charge is 2.28. The van der Waals surface area contributed by atoms with Crippen LogP contribution in [0.3, 0.4) is 0 Å². The van der Waals surface area contributed by atoms with E-state index < -0.39 is 0 Å². The second-order valence-electron chi connectivity index (χ2n) is 1.82. The predicted molar refractivity (Wildman–Crippen MR) is 42.6 cm³/mol. The Morgan fingerprint density at radius 1 is 2.00 bits per heavy atom. The van der Waals surface area contributed by atoms with Gasteiger partial charge in [0.2, 0.25) is 5.91 Å². The minimum atomic E-state index is -0.118. The number of carbonyl (C=O) groups excluding carboxylic acids is 1. The third kappa shape index (κ3) is 1.39. The van der Waals surface area contributed by atoms with E-state index in [4.69, 9.17) is 5.26 Å². The third-order valence-corrected chi connectivity index (χ3v) is 2.88. The maximum atomic E-state index is 10.9. The molecule has 1 fully saturated rings. The number of thioether (sulfide) groups is 1. The van der Waals surface area contributed by atoms with Crippen LogP contribution in [0.1, 0.15) is 0 Å². The first kappa shape index (κ1) is 7.76. The van der Waals surface area contributed by atoms with Crippen molar-refractivity contribution in [2.45, 2.75) is 4.71 Å². The van der Waals surface area contributed by atoms with Crippen molar-refractivity contribution in [1.29, 1.82) is 5.26 Å². The van der Waals surface area contributed by atoms with Gasteiger partial charge in [-0.25, -0.2) is 0 Å². The molecule has 5 heteroatoms. The van der Waals surface area contributed by atoms with Gasteiger partial charge in [0.15, 0.2) is 0 Å². The van der Waals surface area contributed by atoms with Crippen molar-refractivity contribution in [2.75, 3.05) is 12.3 Å². The maximum Gasteiger partial charge on any atom is 0.235 e. The molecule has 1 heterocycles. The molecule has 0 spiro atoms. The molecule has 0 aliphatic carbocycles. The molecule has 1 saturated heterocycles. The summed E-state index contributed by atoms with van der Waals surface area (Å²) in [5.41, 5.74) is 0. The highest BCUT2D eigenvalue weighted by molar-refractivity contribution is 8.11. The molecule has 0 radical (unpaired) electrons. The molecule has 1 atom stereocenters. The summed E-state index contributed by atoms with van der Waals surface area (Å²) < 4.78 is -0.118. The first-order valence-electron chi connectivity index (χ1n) is 2.72. The lowest BCUT2D eigenvalue weighted by atomic mass is 10.5. The van der Waals surface area contributed by atoms with Crippen molar-refractivity contribution in [3.05, 3.63) is 0 Å². The third-order valence-electron chi connectivity index (χ3n) is 1.18. The van der Waals surface area contributed by atoms with Crippen molar-refractivity contribution in [2.24, 2.45) is 0 Å². The van der Waals surface area contributed by atoms with E-state index in [1.54, 1.807) is 0 Å². The lowest BCUT2D eigenvalue weighted by Crippen LogP contribution is -2.29. The van der Waals surface area contributed by atoms with Gasteiger partial charge in [0.1, 0.15) is 11.3 Å². The molecule has 0 bridgehead atoms. The average molecular weight is 174 g/mol. The molecule has 1 aliphatic heterocycles. The maximum absolute atomic E-state index is 10.9. The second-order valence-corrected chi connectivity index (χ2v) is 3.72. The van der Waals surface area contributed by atoms with Crippen LogP contribution >= 0.6 is 24.4 Å². The van der Waals surface area contributed by atoms with Crippen LogP contribution in [0.15, 0.2) is 0 Å². The molecule has 1 rings (SSSR count). The molecular weight excluding hydrogens is 168 g/mol. The number of nitrogens with zero attached hydrogens (tertiary/aromatic N) is 2. The van der Waals surface area contributed by atoms with Crippen molar-refractivity contribution < 1.29 is 4.79 Å². The summed E-state index contributed by atoms with van der Waals surface area (Å²) in [4.78, 5) is 12.3. The van der Waals surface area contributed by atoms with Gasteiger partial charge >= 0.3 is 0 Å². The zero-order chi connectivity index (χ0) is 7.56. The lowest BCUT2D eigenvalue weighted by Gasteiger charge is -2.14. The van der Waals surface area contributed by atoms with E-state index >= 15 is 0 Å². The quantitative estimate of drug-likeness (QED) is 0.459. The van der Waals surface area contributed by atoms with Crippen molar-refractivity contribution in [3.8, 4) is 6.07 Å². The van der Waals surface area contributed by atoms with E-state index in [0.29, 0.717) is 5.75 Å². The number of thiol groups is 1. The van der Waals surface area contributed by atoms with Gasteiger partial charge in [0.05, 0.1) is 11.8 Å². The fourth-order valence-corrected chi connectivity index (χ4v) is 1.95. The van der Waals surface area contributed by atoms with E-state index in [2.05, 4.69) is 12.6 Å². The van der Waals surface area contributed by atoms with E-state index in [1.807, 2.05) is 6.07 Å². The van der Waals surface area contributed by atoms with Crippen LogP contribution in [0.4, 0.5) is 0 Å². The largest absolute Gasteiger partial charge is 0.308 e. The topological polar surface area (TPSA) is 44.1 Å². The molecule has 0 aromatic heterocycles. The fraction of sp³-hybridized carbons (Fsp3) is 0.600. The number of hydrogen-bond acceptors (Lipinski definition) is 4. The Morgan fingerprint density at radius 3 is 3.10 bits per heavy atom. The van der Waals surface area contributed by atoms with Gasteiger partial charge in [-0.1, -0.05) is 0 Å². The first-order valence-corrected chi connectivity index (χ1v) is 4.28. The van der Waals surface area contributed by atoms with Crippen LogP contribution in [0, 0.1) is 11.3 Å². The Balaban J connectivity index is 2.56. The van der Waals surface area contributed by atoms with Crippen LogP contribution in [-0.4, -0.2) is 27.8 Å². The van der Waals surface area contributed by atoms with Crippen LogP contribution < -0.4 is 0 Å². The molecule has 0 N–H and O–H groups in total. The van der Waals surface area contributed by atoms with Gasteiger partial charge in [0.25, 0.3) is 0 Å². The standard InChI is InChI=1S/C5H6N2OS2/c6-1-2-7-4(8)3-10-5(7)9/h5,9H,2-3H2. The van der Waals surface area contributed by atoms with Crippen LogP contribution in [0.2, 0.25) is 0 Å². The lowest BCUT2D eigenvalue weighted by molar-refractivity contribution is -0.126. The van der Waals surface area contributed by atoms with Gasteiger partial charge in [-0.15, -0.1) is 24.4 Å². The summed E-state index contributed by atoms with van der Waals surface area (Å²) in [6.07, 6.45) is 0. The number of rotatable bonds is 1. The summed E-state index contributed by atoms with van der Waals surface area (Å²) >= 11 is 5.54. The smallest absolute Gasteiger partial charge is 0.235 e. The number of hydrogen-bond donors (Lipinski definition) is 1. The molecular formula is C5H6N2OS2. The molecule has 0 saturated carbocycles. The van der Waals surface area contributed by atoms with Crippen molar-refractivity contribution in [3.63, 3.8) is 0 Å². The van der Waals surface area contributed by atoms with Gasteiger partial charge < -0.3 is 4.90 Å². The summed E-state index contributed by atoms with van der Waals surface area (Å²) in [6.45, 7) is 0.153. The van der Waals surface area contributed by atoms with Gasteiger partial charge in [0, 0.05) is 0 Å². The van der Waals surface area contributed by atoms with Crippen LogP contribution in [-0.2, 0) is 4.79 Å². The predicted octanol–water partition coefficient (Wildman–Crippen LogP) is 0.299. The fourth-order valence-electron chi connectivity index (χ4n) is 0.684. The van der Waals surface area contributed by atoms with Crippen molar-refractivity contribution >= 4 is 30.3 Å². The average Bonchev–Trinajstić information content (AvgIpc) is 2.20. The van der Waals surface area contributed by atoms with Gasteiger partial charge in [-0.05, 0) is 0 Å². The number of nitriles is 1. The molecule has 1 unspecified atom stereocenters. The van der Waals surface area contributed by atoms with Gasteiger partial charge in [-0.3, -0.25) is 4.79 Å². The molecule has 0 aromatic carbocycles.